The number of anilines is 1. The van der Waals surface area contributed by atoms with Crippen LogP contribution in [0.15, 0.2) is 18.2 Å². The van der Waals surface area contributed by atoms with Crippen LogP contribution in [-0.2, 0) is 4.79 Å². The Bertz CT molecular complexity index is 582. The predicted octanol–water partition coefficient (Wildman–Crippen LogP) is -2.80. The maximum atomic E-state index is 11.0. The van der Waals surface area contributed by atoms with Gasteiger partial charge in [-0.3, -0.25) is 20.2 Å². The van der Waals surface area contributed by atoms with Gasteiger partial charge in [0.2, 0.25) is 0 Å². The molecule has 0 aromatic heterocycles. The number of carboxylic acids is 1. The zero-order valence-corrected chi connectivity index (χ0v) is 14.4. The molecule has 0 spiro atoms. The summed E-state index contributed by atoms with van der Waals surface area (Å²) in [5, 5.41) is 43.7. The zero-order valence-electron chi connectivity index (χ0n) is 12.4. The molecule has 0 heterocycles. The van der Waals surface area contributed by atoms with Gasteiger partial charge < -0.3 is 20.3 Å². The number of carbonyl (C=O) groups is 1. The van der Waals surface area contributed by atoms with E-state index >= 15 is 0 Å². The first-order chi connectivity index (χ1) is 10.4. The second kappa shape index (κ2) is 10.1. The Morgan fingerprint density at radius 3 is 2.35 bits per heavy atom. The van der Waals surface area contributed by atoms with Crippen LogP contribution in [0.2, 0.25) is 0 Å². The first kappa shape index (κ1) is 21.2. The van der Waals surface area contributed by atoms with Gasteiger partial charge in [0.1, 0.15) is 5.69 Å². The van der Waals surface area contributed by atoms with Crippen LogP contribution in [-0.4, -0.2) is 33.6 Å². The Morgan fingerprint density at radius 2 is 1.87 bits per heavy atom. The molecule has 0 aliphatic carbocycles. The van der Waals surface area contributed by atoms with Gasteiger partial charge in [0.05, 0.1) is 27.9 Å². The van der Waals surface area contributed by atoms with Crippen molar-refractivity contribution >= 4 is 23.0 Å². The summed E-state index contributed by atoms with van der Waals surface area (Å²) in [6, 6.07) is 1.67. The van der Waals surface area contributed by atoms with Crippen molar-refractivity contribution in [2.24, 2.45) is 0 Å². The van der Waals surface area contributed by atoms with Gasteiger partial charge in [-0.25, -0.2) is 0 Å². The van der Waals surface area contributed by atoms with Gasteiger partial charge in [0.25, 0.3) is 11.4 Å². The summed E-state index contributed by atoms with van der Waals surface area (Å²) in [6.45, 7) is -0.0998. The van der Waals surface area contributed by atoms with Crippen LogP contribution < -0.4 is 40.0 Å². The number of non-ortho nitro benzene ring substituents is 1. The minimum absolute atomic E-state index is 0. The van der Waals surface area contributed by atoms with Crippen molar-refractivity contribution in [2.75, 3.05) is 11.9 Å². The third-order valence-electron chi connectivity index (χ3n) is 2.90. The Morgan fingerprint density at radius 1 is 1.22 bits per heavy atom. The Kier molecular flexibility index (Phi) is 9.34. The van der Waals surface area contributed by atoms with E-state index < -0.39 is 33.2 Å². The summed E-state index contributed by atoms with van der Waals surface area (Å²) in [5.74, 6) is -1.45. The fraction of sp³-hybridized carbons (Fsp3) is 0.417. The molecule has 0 bridgehead atoms. The molecule has 0 radical (unpaired) electrons. The maximum Gasteiger partial charge on any atom is 1.00 e. The van der Waals surface area contributed by atoms with E-state index in [-0.39, 0.29) is 48.3 Å². The summed E-state index contributed by atoms with van der Waals surface area (Å²) in [7, 11) is 0. The van der Waals surface area contributed by atoms with E-state index in [0.29, 0.717) is 12.8 Å². The number of carbonyl (C=O) groups excluding carboxylic acids is 1. The zero-order chi connectivity index (χ0) is 16.7. The molecule has 1 aromatic rings. The molecule has 23 heavy (non-hydrogen) atoms. The SMILES string of the molecule is O=C([O-])[C@@H](CCCCO)Nc1ccc([N+](=O)[O-])cc1[N+](=O)[O-].[Na+]. The molecule has 120 valence electrons. The van der Waals surface area contributed by atoms with E-state index in [1.807, 2.05) is 0 Å². The van der Waals surface area contributed by atoms with Crippen molar-refractivity contribution in [1.82, 2.24) is 0 Å². The number of nitrogens with one attached hydrogen (secondary N) is 1. The van der Waals surface area contributed by atoms with Crippen LogP contribution in [0.3, 0.4) is 0 Å². The smallest absolute Gasteiger partial charge is 0.548 e. The average Bonchev–Trinajstić information content (AvgIpc) is 2.45. The third-order valence-corrected chi connectivity index (χ3v) is 2.90. The number of hydrogen-bond donors (Lipinski definition) is 2. The largest absolute Gasteiger partial charge is 1.00 e. The number of nitro groups is 2. The van der Waals surface area contributed by atoms with Crippen LogP contribution in [0.1, 0.15) is 19.3 Å². The predicted molar refractivity (Wildman–Crippen MR) is 73.1 cm³/mol. The molecule has 0 aliphatic rings. The molecule has 11 heteroatoms. The topological polar surface area (TPSA) is 159 Å². The number of rotatable bonds is 9. The number of aliphatic carboxylic acids is 1. The van der Waals surface area contributed by atoms with Gasteiger partial charge in [-0.15, -0.1) is 0 Å². The van der Waals surface area contributed by atoms with E-state index in [1.54, 1.807) is 0 Å². The molecule has 0 aliphatic heterocycles. The molecular formula is C12H14N3NaO7. The van der Waals surface area contributed by atoms with E-state index in [1.165, 1.54) is 0 Å². The van der Waals surface area contributed by atoms with Gasteiger partial charge in [0.15, 0.2) is 0 Å². The van der Waals surface area contributed by atoms with Gasteiger partial charge in [0, 0.05) is 12.7 Å². The first-order valence-corrected chi connectivity index (χ1v) is 6.38. The number of aliphatic hydroxyl groups excluding tert-OH is 1. The molecule has 0 saturated heterocycles. The molecule has 1 rings (SSSR count). The standard InChI is InChI=1S/C12H15N3O7.Na/c16-6-2-1-3-10(12(17)18)13-9-5-4-8(14(19)20)7-11(9)15(21)22;/h4-5,7,10,13,16H,1-3,6H2,(H,17,18);/q;+1/p-1/t10-;/m1./s1. The van der Waals surface area contributed by atoms with E-state index in [0.717, 1.165) is 18.2 Å². The second-order valence-electron chi connectivity index (χ2n) is 4.45. The second-order valence-corrected chi connectivity index (χ2v) is 4.45. The molecule has 10 nitrogen and oxygen atoms in total. The molecule has 0 amide bonds. The van der Waals surface area contributed by atoms with E-state index in [2.05, 4.69) is 5.32 Å². The molecular weight excluding hydrogens is 321 g/mol. The summed E-state index contributed by atoms with van der Waals surface area (Å²) in [5.41, 5.74) is -1.21. The van der Waals surface area contributed by atoms with Crippen LogP contribution in [0.5, 0.6) is 0 Å². The van der Waals surface area contributed by atoms with Crippen LogP contribution in [0, 0.1) is 20.2 Å². The first-order valence-electron chi connectivity index (χ1n) is 6.38. The minimum atomic E-state index is -1.45. The van der Waals surface area contributed by atoms with Gasteiger partial charge in [-0.1, -0.05) is 0 Å². The molecule has 0 unspecified atom stereocenters. The average molecular weight is 335 g/mol. The van der Waals surface area contributed by atoms with Crippen molar-refractivity contribution < 1.29 is 54.4 Å². The normalized spacial score (nSPS) is 11.2. The molecule has 2 N–H and O–H groups in total. The van der Waals surface area contributed by atoms with E-state index in [9.17, 15) is 30.1 Å². The van der Waals surface area contributed by atoms with Gasteiger partial charge in [-0.2, -0.15) is 0 Å². The monoisotopic (exact) mass is 335 g/mol. The van der Waals surface area contributed by atoms with Crippen LogP contribution in [0.25, 0.3) is 0 Å². The number of nitrogens with zero attached hydrogens (tertiary/aromatic N) is 2. The number of benzene rings is 1. The number of aliphatic hydroxyl groups is 1. The van der Waals surface area contributed by atoms with Crippen molar-refractivity contribution in [2.45, 2.75) is 25.3 Å². The number of hydrogen-bond acceptors (Lipinski definition) is 8. The molecule has 0 saturated carbocycles. The van der Waals surface area contributed by atoms with Gasteiger partial charge in [-0.05, 0) is 25.3 Å². The van der Waals surface area contributed by atoms with Crippen molar-refractivity contribution in [3.63, 3.8) is 0 Å². The molecule has 1 aromatic carbocycles. The Hall–Kier alpha value is -1.75. The summed E-state index contributed by atoms with van der Waals surface area (Å²) >= 11 is 0. The van der Waals surface area contributed by atoms with Gasteiger partial charge >= 0.3 is 29.6 Å². The number of carboxylic acid groups (broad SMARTS) is 1. The van der Waals surface area contributed by atoms with E-state index in [4.69, 9.17) is 5.11 Å². The quantitative estimate of drug-likeness (QED) is 0.212. The molecule has 0 fully saturated rings. The third kappa shape index (κ3) is 6.48. The summed E-state index contributed by atoms with van der Waals surface area (Å²) in [4.78, 5) is 31.0. The summed E-state index contributed by atoms with van der Waals surface area (Å²) in [6.07, 6.45) is 0.855. The summed E-state index contributed by atoms with van der Waals surface area (Å²) < 4.78 is 0. The van der Waals surface area contributed by atoms with Crippen molar-refractivity contribution in [3.8, 4) is 0 Å². The maximum absolute atomic E-state index is 11.0. The van der Waals surface area contributed by atoms with Crippen molar-refractivity contribution in [3.05, 3.63) is 38.4 Å². The minimum Gasteiger partial charge on any atom is -0.548 e. The van der Waals surface area contributed by atoms with Crippen molar-refractivity contribution in [1.29, 1.82) is 0 Å². The van der Waals surface area contributed by atoms with Crippen LogP contribution in [0.4, 0.5) is 17.1 Å². The van der Waals surface area contributed by atoms with Crippen LogP contribution >= 0.6 is 0 Å². The Balaban J connectivity index is 0.00000484. The fourth-order valence-corrected chi connectivity index (χ4v) is 1.80. The Labute approximate surface area is 153 Å². The number of unbranched alkanes of at least 4 members (excludes halogenated alkanes) is 1. The fourth-order valence-electron chi connectivity index (χ4n) is 1.80. The molecule has 1 atom stereocenters. The number of nitro benzene ring substituents is 2.